The van der Waals surface area contributed by atoms with E-state index in [0.29, 0.717) is 60.9 Å². The molecule has 2 aromatic carbocycles. The summed E-state index contributed by atoms with van der Waals surface area (Å²) in [6, 6.07) is 15.5. The molecule has 1 aromatic heterocycles. The van der Waals surface area contributed by atoms with Gasteiger partial charge in [0.25, 0.3) is 18.8 Å². The van der Waals surface area contributed by atoms with Crippen molar-refractivity contribution in [2.24, 2.45) is 4.99 Å². The number of aliphatic carboxylic acids is 1. The molecule has 23 heteroatoms. The van der Waals surface area contributed by atoms with Gasteiger partial charge in [0, 0.05) is 87.2 Å². The predicted molar refractivity (Wildman–Crippen MR) is 243 cm³/mol. The maximum atomic E-state index is 13.3. The van der Waals surface area contributed by atoms with Crippen LogP contribution < -0.4 is 16.0 Å². The number of carbonyl (C=O) groups is 2. The van der Waals surface area contributed by atoms with Gasteiger partial charge in [-0.1, -0.05) is 59.2 Å². The number of Topliss-reactive ketones (excluding diaryl/α,β-unsaturated/α-hetero) is 1. The highest BCUT2D eigenvalue weighted by molar-refractivity contribution is 8.13. The van der Waals surface area contributed by atoms with Crippen molar-refractivity contribution in [1.82, 2.24) is 30.3 Å². The number of morpholine rings is 2. The second-order valence-corrected chi connectivity index (χ2v) is 16.7. The molecule has 0 saturated carbocycles. The molecule has 64 heavy (non-hydrogen) atoms. The summed E-state index contributed by atoms with van der Waals surface area (Å²) in [5, 5.41) is 27.8. The molecule has 7 rings (SSSR count). The first-order valence-electron chi connectivity index (χ1n) is 20.3. The van der Waals surface area contributed by atoms with Crippen LogP contribution >= 0.6 is 47.4 Å². The Morgan fingerprint density at radius 3 is 1.98 bits per heavy atom. The van der Waals surface area contributed by atoms with E-state index >= 15 is 0 Å². The molecule has 0 amide bonds. The van der Waals surface area contributed by atoms with Gasteiger partial charge < -0.3 is 35.4 Å². The van der Waals surface area contributed by atoms with Crippen LogP contribution in [0.1, 0.15) is 43.7 Å². The Kier molecular flexibility index (Phi) is 23.9. The standard InChI is InChI=1S/C19H25ClF2N6O.C12H14ClF2NO.C8H11N3OS.C2H4O2.ClH/c20-13-3-1-12(2-4-13)9-15-11-29-16(17(21)22)10-28(15)14-5-7-27(8-6-14)19-24-18(23)25-26-19;13-9-3-1-8(2-4-9)5-10-7-17-11(6-16-10)12(14)15;1-13-8(10-6-9)11-4-2-7(12)3-5-11;1-2(3)4;/h1-4,14-17H,5-11H2,(H3,23,24,25,26);1-4,10-12,16H,5-7H2;2-5H2,1H3;1H3,(H,3,4);1H/t15-,16+;10-,11+;;;/m00.../s1. The molecule has 4 aliphatic rings. The van der Waals surface area contributed by atoms with Gasteiger partial charge in [-0.05, 0) is 67.3 Å². The molecule has 4 aliphatic heterocycles. The molecule has 4 fully saturated rings. The highest BCUT2D eigenvalue weighted by atomic mass is 35.5. The minimum absolute atomic E-state index is 0. The SMILES string of the molecule is CC(=O)O.CSC(=NC#N)N1CCC(=O)CC1.Cl.FC(F)[C@H]1CN[C@@H](Cc2ccc(Cl)cc2)CO1.Nc1nc(N2CCC(N3C[C@H](C(F)F)OC[C@@H]3Cc3ccc(Cl)cc3)CC2)n[nH]1. The van der Waals surface area contributed by atoms with Gasteiger partial charge in [0.2, 0.25) is 18.1 Å². The number of rotatable bonds is 8. The average Bonchev–Trinajstić information content (AvgIpc) is 3.71. The first-order chi connectivity index (χ1) is 30.1. The summed E-state index contributed by atoms with van der Waals surface area (Å²) in [6.07, 6.45) is 1.08. The average molecular weight is 982 g/mol. The number of nitriles is 1. The highest BCUT2D eigenvalue weighted by Crippen LogP contribution is 2.28. The summed E-state index contributed by atoms with van der Waals surface area (Å²) in [4.78, 5) is 34.1. The van der Waals surface area contributed by atoms with Crippen LogP contribution in [0.25, 0.3) is 0 Å². The van der Waals surface area contributed by atoms with Crippen LogP contribution in [0.3, 0.4) is 0 Å². The van der Waals surface area contributed by atoms with Crippen LogP contribution in [-0.4, -0.2) is 149 Å². The number of aromatic nitrogens is 3. The quantitative estimate of drug-likeness (QED) is 0.0831. The summed E-state index contributed by atoms with van der Waals surface area (Å²) in [5.41, 5.74) is 7.86. The number of carboxylic acid groups (broad SMARTS) is 1. The van der Waals surface area contributed by atoms with Crippen molar-refractivity contribution in [2.45, 2.75) is 88.6 Å². The van der Waals surface area contributed by atoms with Gasteiger partial charge in [0.05, 0.1) is 13.2 Å². The van der Waals surface area contributed by atoms with Crippen molar-refractivity contribution in [2.75, 3.05) is 69.4 Å². The normalized spacial score (nSPS) is 21.9. The number of benzene rings is 2. The molecule has 3 aromatic rings. The first-order valence-corrected chi connectivity index (χ1v) is 22.3. The molecular weight excluding hydrogens is 927 g/mol. The summed E-state index contributed by atoms with van der Waals surface area (Å²) >= 11 is 13.2. The van der Waals surface area contributed by atoms with E-state index in [2.05, 4.69) is 35.3 Å². The smallest absolute Gasteiger partial charge is 0.300 e. The van der Waals surface area contributed by atoms with Crippen LogP contribution in [0.5, 0.6) is 0 Å². The molecular formula is C41H55Cl3F4N10O5S. The van der Waals surface area contributed by atoms with Crippen LogP contribution in [0.2, 0.25) is 10.0 Å². The maximum absolute atomic E-state index is 13.3. The van der Waals surface area contributed by atoms with Crippen molar-refractivity contribution < 1.29 is 41.7 Å². The van der Waals surface area contributed by atoms with Gasteiger partial charge in [-0.15, -0.1) is 22.5 Å². The Hall–Kier alpha value is -3.94. The van der Waals surface area contributed by atoms with E-state index in [1.54, 1.807) is 6.19 Å². The lowest BCUT2D eigenvalue weighted by molar-refractivity contribution is -0.134. The number of carboxylic acids is 1. The fourth-order valence-corrected chi connectivity index (χ4v) is 8.11. The molecule has 5 heterocycles. The highest BCUT2D eigenvalue weighted by Gasteiger charge is 2.39. The third-order valence-electron chi connectivity index (χ3n) is 10.5. The third-order valence-corrected chi connectivity index (χ3v) is 11.7. The van der Waals surface area contributed by atoms with Crippen LogP contribution in [0, 0.1) is 11.5 Å². The number of likely N-dealkylation sites (tertiary alicyclic amines) is 1. The molecule has 0 unspecified atom stereocenters. The molecule has 4 atom stereocenters. The number of nitrogens with two attached hydrogens (primary N) is 1. The number of alkyl halides is 4. The van der Waals surface area contributed by atoms with Gasteiger partial charge in [-0.2, -0.15) is 10.2 Å². The minimum Gasteiger partial charge on any atom is -0.481 e. The largest absolute Gasteiger partial charge is 0.481 e. The Bertz CT molecular complexity index is 1910. The van der Waals surface area contributed by atoms with E-state index in [4.69, 9.17) is 53.6 Å². The van der Waals surface area contributed by atoms with Crippen LogP contribution in [0.4, 0.5) is 29.5 Å². The fourth-order valence-electron chi connectivity index (χ4n) is 7.29. The maximum Gasteiger partial charge on any atom is 0.300 e. The van der Waals surface area contributed by atoms with Crippen LogP contribution in [0.15, 0.2) is 53.5 Å². The number of ether oxygens (including phenoxy) is 2. The number of aliphatic imine (C=N–C) groups is 1. The number of aromatic amines is 1. The molecule has 0 spiro atoms. The van der Waals surface area contributed by atoms with E-state index in [0.717, 1.165) is 62.0 Å². The second kappa shape index (κ2) is 28.2. The van der Waals surface area contributed by atoms with Gasteiger partial charge in [-0.3, -0.25) is 14.5 Å². The lowest BCUT2D eigenvalue weighted by Crippen LogP contribution is -2.58. The fraction of sp³-hybridized carbons (Fsp3) is 0.561. The molecule has 15 nitrogen and oxygen atoms in total. The number of hydrogen-bond acceptors (Lipinski definition) is 13. The van der Waals surface area contributed by atoms with Crippen molar-refractivity contribution in [3.63, 3.8) is 0 Å². The van der Waals surface area contributed by atoms with Crippen molar-refractivity contribution in [1.29, 1.82) is 5.26 Å². The Morgan fingerprint density at radius 2 is 1.52 bits per heavy atom. The van der Waals surface area contributed by atoms with Gasteiger partial charge in [-0.25, -0.2) is 22.7 Å². The number of piperidine rings is 2. The number of carbonyl (C=O) groups excluding carboxylic acids is 1. The molecule has 5 N–H and O–H groups in total. The van der Waals surface area contributed by atoms with Gasteiger partial charge in [0.15, 0.2) is 5.17 Å². The molecule has 354 valence electrons. The Labute approximate surface area is 390 Å². The second-order valence-electron chi connectivity index (χ2n) is 15.0. The summed E-state index contributed by atoms with van der Waals surface area (Å²) in [6.45, 7) is 5.05. The number of H-pyrrole nitrogens is 1. The number of ketones is 1. The van der Waals surface area contributed by atoms with E-state index < -0.39 is 31.0 Å². The first kappa shape index (κ1) is 54.4. The lowest BCUT2D eigenvalue weighted by atomic mass is 9.96. The van der Waals surface area contributed by atoms with Crippen molar-refractivity contribution in [3.05, 3.63) is 69.7 Å². The number of hydrogen-bond donors (Lipinski definition) is 4. The summed E-state index contributed by atoms with van der Waals surface area (Å²) < 4.78 is 62.0. The zero-order chi connectivity index (χ0) is 45.9. The number of halogens is 7. The number of nitrogens with zero attached hydrogens (tertiary/aromatic N) is 7. The Balaban J connectivity index is 0.000000264. The summed E-state index contributed by atoms with van der Waals surface area (Å²) in [7, 11) is 0. The monoisotopic (exact) mass is 980 g/mol. The zero-order valence-corrected chi connectivity index (χ0v) is 38.6. The van der Waals surface area contributed by atoms with Gasteiger partial charge >= 0.3 is 0 Å². The van der Waals surface area contributed by atoms with E-state index in [9.17, 15) is 22.4 Å². The number of nitrogens with one attached hydrogen (secondary N) is 2. The van der Waals surface area contributed by atoms with Crippen molar-refractivity contribution >= 4 is 76.2 Å². The van der Waals surface area contributed by atoms with E-state index in [1.807, 2.05) is 59.7 Å². The van der Waals surface area contributed by atoms with E-state index in [-0.39, 0.29) is 49.6 Å². The number of nitrogen functional groups attached to an aromatic ring is 1. The minimum atomic E-state index is -2.48. The summed E-state index contributed by atoms with van der Waals surface area (Å²) in [5.74, 6) is 0.345. The number of thioether (sulfide) groups is 1. The number of anilines is 2. The van der Waals surface area contributed by atoms with Crippen molar-refractivity contribution in [3.8, 4) is 6.19 Å². The lowest BCUT2D eigenvalue weighted by Gasteiger charge is -2.46. The van der Waals surface area contributed by atoms with Crippen LogP contribution in [-0.2, 0) is 31.9 Å². The van der Waals surface area contributed by atoms with Gasteiger partial charge in [0.1, 0.15) is 18.0 Å². The zero-order valence-electron chi connectivity index (χ0n) is 35.4. The number of amidine groups is 1. The third kappa shape index (κ3) is 18.5. The van der Waals surface area contributed by atoms with E-state index in [1.165, 1.54) is 11.8 Å². The molecule has 0 aliphatic carbocycles. The molecule has 4 saturated heterocycles. The molecule has 0 bridgehead atoms. The predicted octanol–water partition coefficient (Wildman–Crippen LogP) is 6.45. The molecule has 0 radical (unpaired) electrons. The topological polar surface area (TPSA) is 198 Å². The Morgan fingerprint density at radius 1 is 0.969 bits per heavy atom.